The van der Waals surface area contributed by atoms with Crippen LogP contribution in [0, 0.1) is 13.8 Å². The molecule has 0 aliphatic rings. The van der Waals surface area contributed by atoms with Crippen LogP contribution in [0.4, 0.5) is 13.2 Å². The zero-order chi connectivity index (χ0) is 11.4. The molecule has 2 N–H and O–H groups in total. The van der Waals surface area contributed by atoms with Crippen molar-refractivity contribution in [3.05, 3.63) is 23.5 Å². The highest BCUT2D eigenvalue weighted by Crippen LogP contribution is 2.13. The average molecular weight is 209 g/mol. The van der Waals surface area contributed by atoms with Crippen LogP contribution >= 0.6 is 0 Å². The Labute approximate surface area is 78.6 Å². The molecule has 1 aromatic heterocycles. The van der Waals surface area contributed by atoms with Gasteiger partial charge in [0.25, 0.3) is 0 Å². The van der Waals surface area contributed by atoms with Gasteiger partial charge in [-0.25, -0.2) is 4.79 Å². The number of aliphatic carboxylic acids is 1. The maximum Gasteiger partial charge on any atom is 0.490 e. The van der Waals surface area contributed by atoms with Crippen molar-refractivity contribution in [2.24, 2.45) is 0 Å². The Bertz CT molecular complexity index is 287. The number of halogens is 3. The van der Waals surface area contributed by atoms with Gasteiger partial charge in [-0.05, 0) is 25.5 Å². The van der Waals surface area contributed by atoms with E-state index < -0.39 is 12.1 Å². The van der Waals surface area contributed by atoms with Crippen molar-refractivity contribution in [3.8, 4) is 0 Å². The largest absolute Gasteiger partial charge is 0.490 e. The number of alkyl halides is 3. The van der Waals surface area contributed by atoms with E-state index in [1.807, 2.05) is 13.1 Å². The first-order valence-corrected chi connectivity index (χ1v) is 3.65. The summed E-state index contributed by atoms with van der Waals surface area (Å²) in [4.78, 5) is 12.0. The van der Waals surface area contributed by atoms with E-state index in [2.05, 4.69) is 18.0 Å². The number of H-pyrrole nitrogens is 1. The number of carboxylic acid groups (broad SMARTS) is 1. The molecule has 0 aromatic carbocycles. The van der Waals surface area contributed by atoms with Crippen LogP contribution < -0.4 is 0 Å². The summed E-state index contributed by atoms with van der Waals surface area (Å²) in [5.74, 6) is -2.76. The highest BCUT2D eigenvalue weighted by atomic mass is 19.4. The quantitative estimate of drug-likeness (QED) is 0.688. The van der Waals surface area contributed by atoms with E-state index >= 15 is 0 Å². The molecule has 1 heterocycles. The lowest BCUT2D eigenvalue weighted by atomic mass is 10.4. The minimum absolute atomic E-state index is 1.23. The molecular formula is C8H10F3NO2. The molecule has 0 bridgehead atoms. The number of aromatic amines is 1. The second kappa shape index (κ2) is 4.69. The maximum atomic E-state index is 10.6. The molecule has 0 aliphatic carbocycles. The Hall–Kier alpha value is -1.46. The van der Waals surface area contributed by atoms with Crippen LogP contribution in [0.3, 0.4) is 0 Å². The van der Waals surface area contributed by atoms with Crippen molar-refractivity contribution in [2.45, 2.75) is 20.0 Å². The number of hydrogen-bond acceptors (Lipinski definition) is 1. The van der Waals surface area contributed by atoms with E-state index in [4.69, 9.17) is 9.90 Å². The predicted octanol–water partition coefficient (Wildman–Crippen LogP) is 2.26. The van der Waals surface area contributed by atoms with Gasteiger partial charge in [0.1, 0.15) is 0 Å². The van der Waals surface area contributed by atoms with Gasteiger partial charge in [-0.2, -0.15) is 13.2 Å². The summed E-state index contributed by atoms with van der Waals surface area (Å²) in [5.41, 5.74) is 2.54. The van der Waals surface area contributed by atoms with Gasteiger partial charge in [-0.1, -0.05) is 0 Å². The van der Waals surface area contributed by atoms with Crippen LogP contribution in [0.1, 0.15) is 11.3 Å². The Balaban J connectivity index is 0.000000241. The van der Waals surface area contributed by atoms with Gasteiger partial charge in [-0.3, -0.25) is 0 Å². The number of carbonyl (C=O) groups is 1. The third-order valence-electron chi connectivity index (χ3n) is 1.21. The molecule has 0 aliphatic heterocycles. The Morgan fingerprint density at radius 3 is 1.93 bits per heavy atom. The van der Waals surface area contributed by atoms with E-state index in [1.54, 1.807) is 0 Å². The third kappa shape index (κ3) is 5.23. The number of aromatic nitrogens is 1. The molecule has 14 heavy (non-hydrogen) atoms. The topological polar surface area (TPSA) is 53.1 Å². The summed E-state index contributed by atoms with van der Waals surface area (Å²) in [6.45, 7) is 4.12. The molecule has 0 atom stereocenters. The van der Waals surface area contributed by atoms with E-state index in [1.165, 1.54) is 11.3 Å². The lowest BCUT2D eigenvalue weighted by Crippen LogP contribution is -2.21. The molecule has 0 fully saturated rings. The molecule has 0 spiro atoms. The zero-order valence-corrected chi connectivity index (χ0v) is 7.64. The number of rotatable bonds is 0. The maximum absolute atomic E-state index is 10.6. The molecule has 3 nitrogen and oxygen atoms in total. The van der Waals surface area contributed by atoms with Gasteiger partial charge < -0.3 is 10.1 Å². The average Bonchev–Trinajstić information content (AvgIpc) is 2.33. The van der Waals surface area contributed by atoms with Crippen LogP contribution in [0.25, 0.3) is 0 Å². The first kappa shape index (κ1) is 12.5. The highest BCUT2D eigenvalue weighted by molar-refractivity contribution is 5.73. The molecule has 0 radical (unpaired) electrons. The normalized spacial score (nSPS) is 10.4. The third-order valence-corrected chi connectivity index (χ3v) is 1.21. The van der Waals surface area contributed by atoms with E-state index in [0.29, 0.717) is 0 Å². The van der Waals surface area contributed by atoms with Crippen molar-refractivity contribution in [2.75, 3.05) is 0 Å². The van der Waals surface area contributed by atoms with Crippen LogP contribution in [-0.4, -0.2) is 22.2 Å². The second-order valence-corrected chi connectivity index (χ2v) is 2.66. The van der Waals surface area contributed by atoms with Gasteiger partial charge in [0.05, 0.1) is 0 Å². The van der Waals surface area contributed by atoms with Gasteiger partial charge in [0.2, 0.25) is 0 Å². The molecule has 0 saturated heterocycles. The first-order chi connectivity index (χ1) is 6.23. The number of carboxylic acids is 1. The zero-order valence-electron chi connectivity index (χ0n) is 7.64. The Kier molecular flexibility index (Phi) is 4.20. The minimum Gasteiger partial charge on any atom is -0.475 e. The first-order valence-electron chi connectivity index (χ1n) is 3.65. The van der Waals surface area contributed by atoms with Crippen molar-refractivity contribution in [1.29, 1.82) is 0 Å². The molecular weight excluding hydrogens is 199 g/mol. The fourth-order valence-corrected chi connectivity index (χ4v) is 0.653. The van der Waals surface area contributed by atoms with Crippen LogP contribution in [0.15, 0.2) is 12.3 Å². The molecule has 80 valence electrons. The minimum atomic E-state index is -5.08. The fourth-order valence-electron chi connectivity index (χ4n) is 0.653. The number of nitrogens with one attached hydrogen (secondary N) is 1. The van der Waals surface area contributed by atoms with Crippen molar-refractivity contribution >= 4 is 5.97 Å². The smallest absolute Gasteiger partial charge is 0.475 e. The summed E-state index contributed by atoms with van der Waals surface area (Å²) in [6, 6.07) is 2.11. The van der Waals surface area contributed by atoms with Crippen LogP contribution in [0.5, 0.6) is 0 Å². The van der Waals surface area contributed by atoms with Crippen LogP contribution in [0.2, 0.25) is 0 Å². The van der Waals surface area contributed by atoms with Crippen molar-refractivity contribution in [1.82, 2.24) is 4.98 Å². The van der Waals surface area contributed by atoms with E-state index in [0.717, 1.165) is 0 Å². The predicted molar refractivity (Wildman–Crippen MR) is 44.0 cm³/mol. The molecule has 1 rings (SSSR count). The Morgan fingerprint density at radius 1 is 1.43 bits per heavy atom. The van der Waals surface area contributed by atoms with E-state index in [9.17, 15) is 13.2 Å². The van der Waals surface area contributed by atoms with Gasteiger partial charge in [-0.15, -0.1) is 0 Å². The molecule has 0 unspecified atom stereocenters. The summed E-state index contributed by atoms with van der Waals surface area (Å²) in [7, 11) is 0. The molecule has 1 aromatic rings. The van der Waals surface area contributed by atoms with Crippen molar-refractivity contribution < 1.29 is 23.1 Å². The van der Waals surface area contributed by atoms with Crippen molar-refractivity contribution in [3.63, 3.8) is 0 Å². The fraction of sp³-hybridized carbons (Fsp3) is 0.375. The molecule has 6 heteroatoms. The number of hydrogen-bond donors (Lipinski definition) is 2. The van der Waals surface area contributed by atoms with Gasteiger partial charge in [0, 0.05) is 11.9 Å². The van der Waals surface area contributed by atoms with Gasteiger partial charge in [0.15, 0.2) is 0 Å². The monoisotopic (exact) mass is 209 g/mol. The summed E-state index contributed by atoms with van der Waals surface area (Å²) in [5, 5.41) is 7.12. The lowest BCUT2D eigenvalue weighted by molar-refractivity contribution is -0.192. The lowest BCUT2D eigenvalue weighted by Gasteiger charge is -1.93. The summed E-state index contributed by atoms with van der Waals surface area (Å²) < 4.78 is 31.7. The molecule has 0 saturated carbocycles. The SMILES string of the molecule is Cc1c[nH]c(C)c1.O=C(O)C(F)(F)F. The number of aryl methyl sites for hydroxylation is 2. The standard InChI is InChI=1S/C6H9N.C2HF3O2/c1-5-3-6(2)7-4-5;3-2(4,5)1(6)7/h3-4,7H,1-2H3;(H,6,7). The van der Waals surface area contributed by atoms with Gasteiger partial charge >= 0.3 is 12.1 Å². The van der Waals surface area contributed by atoms with Crippen LogP contribution in [-0.2, 0) is 4.79 Å². The summed E-state index contributed by atoms with van der Waals surface area (Å²) >= 11 is 0. The molecule has 0 amide bonds. The van der Waals surface area contributed by atoms with E-state index in [-0.39, 0.29) is 0 Å². The second-order valence-electron chi connectivity index (χ2n) is 2.66. The summed E-state index contributed by atoms with van der Waals surface area (Å²) in [6.07, 6.45) is -3.09. The Morgan fingerprint density at radius 2 is 1.86 bits per heavy atom. The highest BCUT2D eigenvalue weighted by Gasteiger charge is 2.38.